The minimum Gasteiger partial charge on any atom is -0.320 e. The van der Waals surface area contributed by atoms with Gasteiger partial charge in [-0.05, 0) is 45.7 Å². The summed E-state index contributed by atoms with van der Waals surface area (Å²) in [5, 5.41) is 2.08. The molecule has 1 aliphatic rings. The Bertz CT molecular complexity index is 765. The number of benzene rings is 2. The van der Waals surface area contributed by atoms with Crippen LogP contribution in [0.25, 0.3) is 11.1 Å². The molecule has 0 saturated heterocycles. The van der Waals surface area contributed by atoms with Gasteiger partial charge in [-0.3, -0.25) is 0 Å². The molecule has 1 heterocycles. The van der Waals surface area contributed by atoms with Crippen molar-refractivity contribution in [2.24, 2.45) is 5.73 Å². The van der Waals surface area contributed by atoms with Gasteiger partial charge in [0.2, 0.25) is 0 Å². The molecule has 3 heteroatoms. The molecule has 2 N–H and O–H groups in total. The number of thiophene rings is 1. The Balaban J connectivity index is 0.00000132. The number of hydrogen-bond acceptors (Lipinski definition) is 2. The molecule has 1 aliphatic carbocycles. The number of fused-ring (bicyclic) bond motifs is 3. The number of rotatable bonds is 2. The van der Waals surface area contributed by atoms with Gasteiger partial charge in [0.15, 0.2) is 0 Å². The highest BCUT2D eigenvalue weighted by atomic mass is 35.5. The maximum atomic E-state index is 6.37. The maximum absolute atomic E-state index is 6.37. The van der Waals surface area contributed by atoms with Gasteiger partial charge in [0.05, 0.1) is 6.04 Å². The van der Waals surface area contributed by atoms with E-state index in [0.29, 0.717) is 0 Å². The molecule has 21 heavy (non-hydrogen) atoms. The van der Waals surface area contributed by atoms with E-state index >= 15 is 0 Å². The topological polar surface area (TPSA) is 26.0 Å². The molecule has 0 amide bonds. The Labute approximate surface area is 134 Å². The van der Waals surface area contributed by atoms with Crippen molar-refractivity contribution in [1.82, 2.24) is 0 Å². The molecular weight excluding hydrogens is 298 g/mol. The SMILES string of the molecule is Cl.N[C@@H](c1ccc2c(c1)Cc1ccccc1-2)c1cccs1. The van der Waals surface area contributed by atoms with Crippen LogP contribution in [0.3, 0.4) is 0 Å². The standard InChI is InChI=1S/C18H15NS.ClH/c19-18(17-6-3-9-20-17)13-7-8-16-14(11-13)10-12-4-1-2-5-15(12)16;/h1-9,11,18H,10,19H2;1H/t18-;/m0./s1. The fourth-order valence-electron chi connectivity index (χ4n) is 2.99. The first-order valence-corrected chi connectivity index (χ1v) is 7.71. The average molecular weight is 314 g/mol. The van der Waals surface area contributed by atoms with Crippen molar-refractivity contribution in [3.05, 3.63) is 81.5 Å². The largest absolute Gasteiger partial charge is 0.320 e. The van der Waals surface area contributed by atoms with Crippen LogP contribution >= 0.6 is 23.7 Å². The molecule has 1 aromatic heterocycles. The average Bonchev–Trinajstić information content (AvgIpc) is 3.13. The van der Waals surface area contributed by atoms with E-state index in [1.807, 2.05) is 0 Å². The minimum absolute atomic E-state index is 0. The predicted molar refractivity (Wildman–Crippen MR) is 92.3 cm³/mol. The molecule has 0 radical (unpaired) electrons. The maximum Gasteiger partial charge on any atom is 0.0646 e. The number of halogens is 1. The smallest absolute Gasteiger partial charge is 0.0646 e. The molecule has 0 fully saturated rings. The second-order valence-electron chi connectivity index (χ2n) is 5.24. The van der Waals surface area contributed by atoms with Crippen LogP contribution in [0.1, 0.15) is 27.6 Å². The summed E-state index contributed by atoms with van der Waals surface area (Å²) in [6, 6.07) is 19.5. The van der Waals surface area contributed by atoms with Gasteiger partial charge in [-0.2, -0.15) is 0 Å². The van der Waals surface area contributed by atoms with Crippen LogP contribution in [0.4, 0.5) is 0 Å². The monoisotopic (exact) mass is 313 g/mol. The van der Waals surface area contributed by atoms with E-state index in [4.69, 9.17) is 5.73 Å². The molecule has 4 rings (SSSR count). The van der Waals surface area contributed by atoms with Gasteiger partial charge >= 0.3 is 0 Å². The predicted octanol–water partition coefficient (Wildman–Crippen LogP) is 4.79. The van der Waals surface area contributed by atoms with Crippen molar-refractivity contribution in [3.8, 4) is 11.1 Å². The zero-order chi connectivity index (χ0) is 13.5. The Morgan fingerprint density at radius 3 is 2.52 bits per heavy atom. The lowest BCUT2D eigenvalue weighted by molar-refractivity contribution is 0.891. The van der Waals surface area contributed by atoms with Gasteiger partial charge in [-0.1, -0.05) is 48.5 Å². The molecular formula is C18H16ClNS. The first-order valence-electron chi connectivity index (χ1n) is 6.83. The second kappa shape index (κ2) is 5.64. The van der Waals surface area contributed by atoms with E-state index in [2.05, 4.69) is 60.0 Å². The van der Waals surface area contributed by atoms with E-state index in [1.165, 1.54) is 32.7 Å². The van der Waals surface area contributed by atoms with Gasteiger partial charge in [0, 0.05) is 4.88 Å². The third-order valence-corrected chi connectivity index (χ3v) is 4.98. The molecule has 2 aromatic carbocycles. The summed E-state index contributed by atoms with van der Waals surface area (Å²) >= 11 is 1.72. The minimum atomic E-state index is -0.0102. The van der Waals surface area contributed by atoms with Crippen LogP contribution in [-0.4, -0.2) is 0 Å². The highest BCUT2D eigenvalue weighted by Crippen LogP contribution is 2.38. The van der Waals surface area contributed by atoms with Crippen molar-refractivity contribution < 1.29 is 0 Å². The summed E-state index contributed by atoms with van der Waals surface area (Å²) < 4.78 is 0. The van der Waals surface area contributed by atoms with E-state index in [-0.39, 0.29) is 18.4 Å². The summed E-state index contributed by atoms with van der Waals surface area (Å²) in [7, 11) is 0. The summed E-state index contributed by atoms with van der Waals surface area (Å²) in [6.45, 7) is 0. The highest BCUT2D eigenvalue weighted by Gasteiger charge is 2.19. The second-order valence-corrected chi connectivity index (χ2v) is 6.22. The molecule has 1 atom stereocenters. The first-order chi connectivity index (χ1) is 9.83. The van der Waals surface area contributed by atoms with Crippen LogP contribution in [0.5, 0.6) is 0 Å². The molecule has 1 nitrogen and oxygen atoms in total. The molecule has 3 aromatic rings. The van der Waals surface area contributed by atoms with Crippen molar-refractivity contribution >= 4 is 23.7 Å². The molecule has 0 spiro atoms. The zero-order valence-electron chi connectivity index (χ0n) is 11.5. The van der Waals surface area contributed by atoms with Gasteiger partial charge in [-0.25, -0.2) is 0 Å². The lowest BCUT2D eigenvalue weighted by Crippen LogP contribution is -2.10. The van der Waals surface area contributed by atoms with Crippen LogP contribution in [0.2, 0.25) is 0 Å². The third kappa shape index (κ3) is 2.40. The van der Waals surface area contributed by atoms with Crippen molar-refractivity contribution in [2.75, 3.05) is 0 Å². The molecule has 0 bridgehead atoms. The van der Waals surface area contributed by atoms with E-state index in [1.54, 1.807) is 11.3 Å². The third-order valence-electron chi connectivity index (χ3n) is 4.03. The highest BCUT2D eigenvalue weighted by molar-refractivity contribution is 7.10. The van der Waals surface area contributed by atoms with Gasteiger partial charge < -0.3 is 5.73 Å². The normalized spacial score (nSPS) is 13.2. The lowest BCUT2D eigenvalue weighted by Gasteiger charge is -2.12. The Morgan fingerprint density at radius 1 is 0.905 bits per heavy atom. The fraction of sp³-hybridized carbons (Fsp3) is 0.111. The van der Waals surface area contributed by atoms with E-state index in [9.17, 15) is 0 Å². The van der Waals surface area contributed by atoms with Crippen LogP contribution in [0, 0.1) is 0 Å². The Hall–Kier alpha value is -1.61. The zero-order valence-corrected chi connectivity index (χ0v) is 13.1. The lowest BCUT2D eigenvalue weighted by atomic mass is 9.99. The fourth-order valence-corrected chi connectivity index (χ4v) is 3.75. The number of hydrogen-bond donors (Lipinski definition) is 1. The molecule has 0 aliphatic heterocycles. The Morgan fingerprint density at radius 2 is 1.71 bits per heavy atom. The van der Waals surface area contributed by atoms with Crippen LogP contribution in [-0.2, 0) is 6.42 Å². The summed E-state index contributed by atoms with van der Waals surface area (Å²) in [5.41, 5.74) is 13.1. The van der Waals surface area contributed by atoms with Crippen LogP contribution in [0.15, 0.2) is 60.0 Å². The van der Waals surface area contributed by atoms with Gasteiger partial charge in [-0.15, -0.1) is 23.7 Å². The Kier molecular flexibility index (Phi) is 3.85. The summed E-state index contributed by atoms with van der Waals surface area (Å²) in [5.74, 6) is 0. The summed E-state index contributed by atoms with van der Waals surface area (Å²) in [4.78, 5) is 1.22. The molecule has 0 unspecified atom stereocenters. The van der Waals surface area contributed by atoms with Gasteiger partial charge in [0.25, 0.3) is 0 Å². The summed E-state index contributed by atoms with van der Waals surface area (Å²) in [6.07, 6.45) is 1.02. The van der Waals surface area contributed by atoms with Gasteiger partial charge in [0.1, 0.15) is 0 Å². The van der Waals surface area contributed by atoms with Crippen molar-refractivity contribution in [1.29, 1.82) is 0 Å². The molecule has 106 valence electrons. The van der Waals surface area contributed by atoms with E-state index in [0.717, 1.165) is 6.42 Å². The van der Waals surface area contributed by atoms with E-state index < -0.39 is 0 Å². The number of nitrogens with two attached hydrogens (primary N) is 1. The van der Waals surface area contributed by atoms with Crippen LogP contribution < -0.4 is 5.73 Å². The quantitative estimate of drug-likeness (QED) is 0.566. The molecule has 0 saturated carbocycles. The van der Waals surface area contributed by atoms with Crippen molar-refractivity contribution in [3.63, 3.8) is 0 Å². The first kappa shape index (κ1) is 14.3. The van der Waals surface area contributed by atoms with Crippen molar-refractivity contribution in [2.45, 2.75) is 12.5 Å².